The van der Waals surface area contributed by atoms with Crippen molar-refractivity contribution in [1.29, 1.82) is 0 Å². The van der Waals surface area contributed by atoms with E-state index in [0.29, 0.717) is 28.3 Å². The second-order valence-corrected chi connectivity index (χ2v) is 9.27. The molecule has 0 radical (unpaired) electrons. The average molecular weight is 482 g/mol. The van der Waals surface area contributed by atoms with Crippen molar-refractivity contribution < 1.29 is 24.1 Å². The summed E-state index contributed by atoms with van der Waals surface area (Å²) in [6.45, 7) is 5.94. The smallest absolute Gasteiger partial charge is 0.254 e. The number of aliphatic hydroxyl groups excluding tert-OH is 2. The number of carbonyl (C=O) groups is 1. The van der Waals surface area contributed by atoms with Gasteiger partial charge in [0.25, 0.3) is 5.91 Å². The Hall–Kier alpha value is -3.76. The molecule has 9 nitrogen and oxygen atoms in total. The highest BCUT2D eigenvalue weighted by molar-refractivity contribution is 6.02. The van der Waals surface area contributed by atoms with Crippen LogP contribution < -0.4 is 20.7 Å². The molecule has 4 rings (SSSR count). The Labute approximate surface area is 202 Å². The lowest BCUT2D eigenvalue weighted by atomic mass is 9.87. The third kappa shape index (κ3) is 5.50. The van der Waals surface area contributed by atoms with Gasteiger partial charge in [0.2, 0.25) is 5.95 Å². The second-order valence-electron chi connectivity index (χ2n) is 9.27. The lowest BCUT2D eigenvalue weighted by molar-refractivity contribution is 0.0798. The van der Waals surface area contributed by atoms with Gasteiger partial charge in [-0.1, -0.05) is 32.9 Å². The summed E-state index contributed by atoms with van der Waals surface area (Å²) in [6, 6.07) is 11.0. The van der Waals surface area contributed by atoms with Crippen LogP contribution >= 0.6 is 0 Å². The van der Waals surface area contributed by atoms with Crippen LogP contribution in [0.1, 0.15) is 42.3 Å². The summed E-state index contributed by atoms with van der Waals surface area (Å²) in [5, 5.41) is 27.1. The zero-order valence-electron chi connectivity index (χ0n) is 19.7. The van der Waals surface area contributed by atoms with Gasteiger partial charge in [-0.3, -0.25) is 4.79 Å². The van der Waals surface area contributed by atoms with Gasteiger partial charge in [0.15, 0.2) is 11.6 Å². The summed E-state index contributed by atoms with van der Waals surface area (Å²) >= 11 is 0. The van der Waals surface area contributed by atoms with Crippen molar-refractivity contribution in [3.63, 3.8) is 0 Å². The van der Waals surface area contributed by atoms with Gasteiger partial charge in [0.1, 0.15) is 12.4 Å². The third-order valence-electron chi connectivity index (χ3n) is 5.56. The van der Waals surface area contributed by atoms with E-state index in [-0.39, 0.29) is 30.3 Å². The standard InChI is InChI=1S/C25H28FN5O4/c1-25(2,3)14-5-4-6-15(9-14)29-22-18(26)11-28-24(31-22)30-19-7-8-20-17(13-35-20)21(19)23(34)27-10-16(33)12-32/h4-9,11,16,32-33H,10,12-13H2,1-3H3,(H,27,34)(H2,28,29,30,31). The maximum Gasteiger partial charge on any atom is 0.254 e. The predicted octanol–water partition coefficient (Wildman–Crippen LogP) is 3.38. The summed E-state index contributed by atoms with van der Waals surface area (Å²) in [4.78, 5) is 21.1. The number of anilines is 4. The van der Waals surface area contributed by atoms with E-state index in [1.807, 2.05) is 24.3 Å². The second kappa shape index (κ2) is 9.85. The molecule has 0 saturated carbocycles. The zero-order chi connectivity index (χ0) is 25.2. The summed E-state index contributed by atoms with van der Waals surface area (Å²) in [6.07, 6.45) is -0.0283. The van der Waals surface area contributed by atoms with E-state index < -0.39 is 24.4 Å². The number of amides is 1. The van der Waals surface area contributed by atoms with E-state index in [1.165, 1.54) is 0 Å². The van der Waals surface area contributed by atoms with Gasteiger partial charge in [-0.05, 0) is 35.2 Å². The van der Waals surface area contributed by atoms with Gasteiger partial charge in [0.05, 0.1) is 30.2 Å². The van der Waals surface area contributed by atoms with Crippen LogP contribution in [0.5, 0.6) is 5.75 Å². The lowest BCUT2D eigenvalue weighted by Crippen LogP contribution is -2.35. The summed E-state index contributed by atoms with van der Waals surface area (Å²) < 4.78 is 19.9. The molecule has 2 heterocycles. The Morgan fingerprint density at radius 1 is 1.23 bits per heavy atom. The minimum absolute atomic E-state index is 0.0158. The van der Waals surface area contributed by atoms with Crippen molar-refractivity contribution in [2.45, 2.75) is 38.9 Å². The van der Waals surface area contributed by atoms with Crippen LogP contribution in [0.25, 0.3) is 0 Å². The molecule has 0 spiro atoms. The van der Waals surface area contributed by atoms with Crippen LogP contribution in [-0.2, 0) is 12.0 Å². The van der Waals surface area contributed by atoms with E-state index in [2.05, 4.69) is 46.7 Å². The van der Waals surface area contributed by atoms with Crippen molar-refractivity contribution in [2.75, 3.05) is 23.8 Å². The molecule has 0 bridgehead atoms. The number of aromatic nitrogens is 2. The van der Waals surface area contributed by atoms with Crippen LogP contribution in [0.3, 0.4) is 0 Å². The largest absolute Gasteiger partial charge is 0.488 e. The molecule has 1 aliphatic rings. The summed E-state index contributed by atoms with van der Waals surface area (Å²) in [7, 11) is 0. The maximum atomic E-state index is 14.5. The van der Waals surface area contributed by atoms with E-state index in [4.69, 9.17) is 9.84 Å². The fraction of sp³-hybridized carbons (Fsp3) is 0.320. The molecule has 0 aliphatic carbocycles. The Morgan fingerprint density at radius 2 is 2.03 bits per heavy atom. The monoisotopic (exact) mass is 481 g/mol. The number of nitrogens with one attached hydrogen (secondary N) is 3. The molecule has 1 aromatic heterocycles. The summed E-state index contributed by atoms with van der Waals surface area (Å²) in [5.41, 5.74) is 3.08. The highest BCUT2D eigenvalue weighted by Gasteiger charge is 2.27. The molecular weight excluding hydrogens is 453 g/mol. The number of aliphatic hydroxyl groups is 2. The first-order chi connectivity index (χ1) is 16.7. The maximum absolute atomic E-state index is 14.5. The van der Waals surface area contributed by atoms with Gasteiger partial charge in [-0.15, -0.1) is 0 Å². The topological polar surface area (TPSA) is 129 Å². The molecule has 0 fully saturated rings. The molecular formula is C25H28FN5O4. The number of ether oxygens (including phenoxy) is 1. The molecule has 5 N–H and O–H groups in total. The van der Waals surface area contributed by atoms with E-state index in [9.17, 15) is 14.3 Å². The van der Waals surface area contributed by atoms with E-state index in [0.717, 1.165) is 11.8 Å². The number of nitrogens with zero attached hydrogens (tertiary/aromatic N) is 2. The molecule has 10 heteroatoms. The minimum Gasteiger partial charge on any atom is -0.488 e. The van der Waals surface area contributed by atoms with E-state index in [1.54, 1.807) is 12.1 Å². The number of rotatable bonds is 8. The number of fused-ring (bicyclic) bond motifs is 1. The van der Waals surface area contributed by atoms with Crippen LogP contribution in [0.2, 0.25) is 0 Å². The van der Waals surface area contributed by atoms with Crippen LogP contribution in [-0.4, -0.2) is 45.3 Å². The fourth-order valence-corrected chi connectivity index (χ4v) is 3.54. The molecule has 0 saturated heterocycles. The Balaban J connectivity index is 1.59. The molecule has 1 unspecified atom stereocenters. The Morgan fingerprint density at radius 3 is 2.71 bits per heavy atom. The zero-order valence-corrected chi connectivity index (χ0v) is 19.7. The normalized spacial score (nSPS) is 13.2. The first kappa shape index (κ1) is 24.4. The molecule has 2 aromatic carbocycles. The quantitative estimate of drug-likeness (QED) is 0.331. The molecule has 1 aliphatic heterocycles. The average Bonchev–Trinajstić information content (AvgIpc) is 2.80. The predicted molar refractivity (Wildman–Crippen MR) is 130 cm³/mol. The molecule has 1 atom stereocenters. The Kier molecular flexibility index (Phi) is 6.86. The van der Waals surface area contributed by atoms with Crippen LogP contribution in [0, 0.1) is 5.82 Å². The van der Waals surface area contributed by atoms with Gasteiger partial charge in [-0.2, -0.15) is 4.98 Å². The lowest BCUT2D eigenvalue weighted by Gasteiger charge is -2.25. The van der Waals surface area contributed by atoms with Gasteiger partial charge in [0, 0.05) is 17.8 Å². The number of halogens is 1. The van der Waals surface area contributed by atoms with Gasteiger partial charge < -0.3 is 30.9 Å². The van der Waals surface area contributed by atoms with Crippen molar-refractivity contribution in [3.8, 4) is 5.75 Å². The van der Waals surface area contributed by atoms with Crippen molar-refractivity contribution in [3.05, 3.63) is 65.1 Å². The molecule has 35 heavy (non-hydrogen) atoms. The highest BCUT2D eigenvalue weighted by Crippen LogP contribution is 2.37. The Bertz CT molecular complexity index is 1250. The van der Waals surface area contributed by atoms with Gasteiger partial charge >= 0.3 is 0 Å². The van der Waals surface area contributed by atoms with Crippen LogP contribution in [0.4, 0.5) is 27.5 Å². The van der Waals surface area contributed by atoms with Crippen molar-refractivity contribution in [2.24, 2.45) is 0 Å². The fourth-order valence-electron chi connectivity index (χ4n) is 3.54. The number of carbonyl (C=O) groups excluding carboxylic acids is 1. The summed E-state index contributed by atoms with van der Waals surface area (Å²) in [5.74, 6) is -0.439. The first-order valence-electron chi connectivity index (χ1n) is 11.2. The first-order valence-corrected chi connectivity index (χ1v) is 11.2. The number of benzene rings is 2. The van der Waals surface area contributed by atoms with Crippen molar-refractivity contribution >= 4 is 29.0 Å². The minimum atomic E-state index is -1.08. The molecule has 1 amide bonds. The molecule has 3 aromatic rings. The van der Waals surface area contributed by atoms with Crippen molar-refractivity contribution in [1.82, 2.24) is 15.3 Å². The SMILES string of the molecule is CC(C)(C)c1cccc(Nc2nc(Nc3ccc4c(c3C(=O)NCC(O)CO)CO4)ncc2F)c1. The number of hydrogen-bond acceptors (Lipinski definition) is 8. The highest BCUT2D eigenvalue weighted by atomic mass is 19.1. The van der Waals surface area contributed by atoms with Crippen LogP contribution in [0.15, 0.2) is 42.6 Å². The van der Waals surface area contributed by atoms with Gasteiger partial charge in [-0.25, -0.2) is 9.37 Å². The molecule has 184 valence electrons. The van der Waals surface area contributed by atoms with E-state index >= 15 is 0 Å². The third-order valence-corrected chi connectivity index (χ3v) is 5.56. The number of hydrogen-bond donors (Lipinski definition) is 5.